The van der Waals surface area contributed by atoms with Crippen molar-refractivity contribution >= 4 is 33.0 Å². The van der Waals surface area contributed by atoms with Crippen LogP contribution in [0.15, 0.2) is 36.7 Å². The van der Waals surface area contributed by atoms with Gasteiger partial charge in [-0.2, -0.15) is 0 Å². The molecule has 3 aromatic rings. The Kier molecular flexibility index (Phi) is 3.82. The molecule has 3 rings (SSSR count). The number of halogens is 1. The average molecular weight is 292 g/mol. The van der Waals surface area contributed by atoms with Crippen LogP contribution < -0.4 is 5.32 Å². The molecular formula is C14H14ClN3S. The van der Waals surface area contributed by atoms with Crippen molar-refractivity contribution in [3.8, 4) is 0 Å². The van der Waals surface area contributed by atoms with Gasteiger partial charge >= 0.3 is 0 Å². The number of nitrogens with zero attached hydrogens (tertiary/aromatic N) is 1. The minimum absolute atomic E-state index is 0.804. The van der Waals surface area contributed by atoms with E-state index < -0.39 is 0 Å². The summed E-state index contributed by atoms with van der Waals surface area (Å²) in [6.45, 7) is 1.69. The average Bonchev–Trinajstić information content (AvgIpc) is 3.04. The van der Waals surface area contributed by atoms with E-state index in [2.05, 4.69) is 27.4 Å². The molecule has 0 amide bonds. The molecule has 0 bridgehead atoms. The summed E-state index contributed by atoms with van der Waals surface area (Å²) in [6, 6.07) is 8.25. The van der Waals surface area contributed by atoms with Crippen LogP contribution in [0.5, 0.6) is 0 Å². The van der Waals surface area contributed by atoms with Crippen LogP contribution in [0.2, 0.25) is 5.02 Å². The van der Waals surface area contributed by atoms with E-state index in [4.69, 9.17) is 11.6 Å². The van der Waals surface area contributed by atoms with E-state index in [-0.39, 0.29) is 0 Å². The van der Waals surface area contributed by atoms with Gasteiger partial charge in [0.25, 0.3) is 0 Å². The van der Waals surface area contributed by atoms with Crippen LogP contribution in [0.1, 0.15) is 10.7 Å². The van der Waals surface area contributed by atoms with Crippen molar-refractivity contribution in [1.29, 1.82) is 0 Å². The molecule has 0 atom stereocenters. The second kappa shape index (κ2) is 5.74. The lowest BCUT2D eigenvalue weighted by Gasteiger charge is -2.01. The summed E-state index contributed by atoms with van der Waals surface area (Å²) in [4.78, 5) is 8.48. The van der Waals surface area contributed by atoms with Crippen molar-refractivity contribution in [2.24, 2.45) is 0 Å². The molecule has 0 aliphatic heterocycles. The molecule has 0 saturated carbocycles. The second-order valence-electron chi connectivity index (χ2n) is 4.30. The summed E-state index contributed by atoms with van der Waals surface area (Å²) in [5.41, 5.74) is 0. The third-order valence-corrected chi connectivity index (χ3v) is 4.70. The van der Waals surface area contributed by atoms with E-state index in [1.807, 2.05) is 18.3 Å². The molecule has 0 fully saturated rings. The molecule has 0 unspecified atom stereocenters. The monoisotopic (exact) mass is 291 g/mol. The lowest BCUT2D eigenvalue weighted by Crippen LogP contribution is -2.16. The molecule has 0 spiro atoms. The summed E-state index contributed by atoms with van der Waals surface area (Å²) >= 11 is 8.14. The van der Waals surface area contributed by atoms with Crippen LogP contribution in [0.4, 0.5) is 0 Å². The maximum atomic E-state index is 6.39. The zero-order chi connectivity index (χ0) is 13.1. The number of benzene rings is 1. The van der Waals surface area contributed by atoms with Gasteiger partial charge in [-0.05, 0) is 6.07 Å². The zero-order valence-electron chi connectivity index (χ0n) is 10.3. The van der Waals surface area contributed by atoms with E-state index in [1.54, 1.807) is 17.5 Å². The molecule has 2 aromatic heterocycles. The van der Waals surface area contributed by atoms with Crippen LogP contribution in [-0.4, -0.2) is 16.5 Å². The standard InChI is InChI=1S/C14H14ClN3S/c15-14-10-3-1-2-4-11(10)19-12(14)9-16-6-5-13-17-7-8-18-13/h1-4,7-8,16H,5-6,9H2,(H,17,18). The van der Waals surface area contributed by atoms with E-state index in [9.17, 15) is 0 Å². The first-order valence-electron chi connectivity index (χ1n) is 6.19. The van der Waals surface area contributed by atoms with E-state index in [1.165, 1.54) is 9.58 Å². The number of nitrogens with one attached hydrogen (secondary N) is 2. The maximum Gasteiger partial charge on any atom is 0.107 e. The minimum atomic E-state index is 0.804. The Hall–Kier alpha value is -1.36. The summed E-state index contributed by atoms with van der Waals surface area (Å²) < 4.78 is 1.25. The predicted molar refractivity (Wildman–Crippen MR) is 80.8 cm³/mol. The van der Waals surface area contributed by atoms with Gasteiger partial charge in [0.05, 0.1) is 5.02 Å². The summed E-state index contributed by atoms with van der Waals surface area (Å²) in [5.74, 6) is 1.01. The Morgan fingerprint density at radius 1 is 1.32 bits per heavy atom. The zero-order valence-corrected chi connectivity index (χ0v) is 11.9. The number of hydrogen-bond donors (Lipinski definition) is 2. The van der Waals surface area contributed by atoms with Gasteiger partial charge in [0, 0.05) is 46.9 Å². The molecule has 0 aliphatic rings. The number of H-pyrrole nitrogens is 1. The van der Waals surface area contributed by atoms with Gasteiger partial charge in [-0.25, -0.2) is 4.98 Å². The molecule has 19 heavy (non-hydrogen) atoms. The molecule has 5 heteroatoms. The molecule has 0 saturated heterocycles. The van der Waals surface area contributed by atoms with Crippen LogP contribution in [0, 0.1) is 0 Å². The first kappa shape index (κ1) is 12.7. The number of aromatic amines is 1. The third kappa shape index (κ3) is 2.81. The smallest absolute Gasteiger partial charge is 0.107 e. The Morgan fingerprint density at radius 2 is 2.21 bits per heavy atom. The quantitative estimate of drug-likeness (QED) is 0.705. The van der Waals surface area contributed by atoms with E-state index in [0.717, 1.165) is 35.7 Å². The number of aromatic nitrogens is 2. The van der Waals surface area contributed by atoms with Crippen molar-refractivity contribution in [2.45, 2.75) is 13.0 Å². The van der Waals surface area contributed by atoms with E-state index in [0.29, 0.717) is 0 Å². The van der Waals surface area contributed by atoms with Gasteiger partial charge in [-0.15, -0.1) is 11.3 Å². The highest BCUT2D eigenvalue weighted by atomic mass is 35.5. The van der Waals surface area contributed by atoms with Crippen molar-refractivity contribution in [3.05, 3.63) is 52.4 Å². The fourth-order valence-corrected chi connectivity index (χ4v) is 3.49. The first-order chi connectivity index (χ1) is 9.34. The normalized spacial score (nSPS) is 11.2. The third-order valence-electron chi connectivity index (χ3n) is 2.98. The highest BCUT2D eigenvalue weighted by Crippen LogP contribution is 2.34. The molecule has 0 radical (unpaired) electrons. The fourth-order valence-electron chi connectivity index (χ4n) is 2.02. The first-order valence-corrected chi connectivity index (χ1v) is 7.39. The van der Waals surface area contributed by atoms with Crippen LogP contribution >= 0.6 is 22.9 Å². The number of fused-ring (bicyclic) bond motifs is 1. The van der Waals surface area contributed by atoms with Gasteiger partial charge in [-0.3, -0.25) is 0 Å². The predicted octanol–water partition coefficient (Wildman–Crippen LogP) is 3.61. The SMILES string of the molecule is Clc1c(CNCCc2ncc[nH]2)sc2ccccc12. The van der Waals surface area contributed by atoms with Crippen molar-refractivity contribution in [3.63, 3.8) is 0 Å². The highest BCUT2D eigenvalue weighted by molar-refractivity contribution is 7.19. The van der Waals surface area contributed by atoms with Crippen LogP contribution in [0.25, 0.3) is 10.1 Å². The lowest BCUT2D eigenvalue weighted by molar-refractivity contribution is 0.680. The molecule has 98 valence electrons. The molecular weight excluding hydrogens is 278 g/mol. The lowest BCUT2D eigenvalue weighted by atomic mass is 10.2. The van der Waals surface area contributed by atoms with E-state index >= 15 is 0 Å². The summed E-state index contributed by atoms with van der Waals surface area (Å²) in [5, 5.41) is 5.44. The highest BCUT2D eigenvalue weighted by Gasteiger charge is 2.08. The molecule has 3 nitrogen and oxygen atoms in total. The van der Waals surface area contributed by atoms with Gasteiger partial charge < -0.3 is 10.3 Å². The van der Waals surface area contributed by atoms with Gasteiger partial charge in [0.15, 0.2) is 0 Å². The Bertz CT molecular complexity index is 660. The van der Waals surface area contributed by atoms with Crippen LogP contribution in [-0.2, 0) is 13.0 Å². The van der Waals surface area contributed by atoms with Gasteiger partial charge in [0.1, 0.15) is 5.82 Å². The Labute approximate surface area is 120 Å². The largest absolute Gasteiger partial charge is 0.349 e. The number of thiophene rings is 1. The second-order valence-corrected chi connectivity index (χ2v) is 5.81. The molecule has 2 heterocycles. The molecule has 2 N–H and O–H groups in total. The van der Waals surface area contributed by atoms with Crippen molar-refractivity contribution in [1.82, 2.24) is 15.3 Å². The minimum Gasteiger partial charge on any atom is -0.349 e. The maximum absolute atomic E-state index is 6.39. The fraction of sp³-hybridized carbons (Fsp3) is 0.214. The number of rotatable bonds is 5. The number of imidazole rings is 1. The van der Waals surface area contributed by atoms with Crippen molar-refractivity contribution in [2.75, 3.05) is 6.54 Å². The van der Waals surface area contributed by atoms with Gasteiger partial charge in [0.2, 0.25) is 0 Å². The van der Waals surface area contributed by atoms with Crippen molar-refractivity contribution < 1.29 is 0 Å². The summed E-state index contributed by atoms with van der Waals surface area (Å²) in [7, 11) is 0. The van der Waals surface area contributed by atoms with Gasteiger partial charge in [-0.1, -0.05) is 29.8 Å². The molecule has 1 aromatic carbocycles. The summed E-state index contributed by atoms with van der Waals surface area (Å²) in [6.07, 6.45) is 4.52. The number of hydrogen-bond acceptors (Lipinski definition) is 3. The Balaban J connectivity index is 1.61. The topological polar surface area (TPSA) is 40.7 Å². The Morgan fingerprint density at radius 3 is 3.00 bits per heavy atom. The van der Waals surface area contributed by atoms with Crippen LogP contribution in [0.3, 0.4) is 0 Å². The molecule has 0 aliphatic carbocycles.